The number of carbonyl (C=O) groups excluding carboxylic acids is 1. The van der Waals surface area contributed by atoms with Gasteiger partial charge in [0.15, 0.2) is 0 Å². The van der Waals surface area contributed by atoms with Gasteiger partial charge in [0.25, 0.3) is 5.69 Å². The Bertz CT molecular complexity index is 1550. The van der Waals surface area contributed by atoms with Crippen molar-refractivity contribution in [2.75, 3.05) is 0 Å². The molecule has 38 heavy (non-hydrogen) atoms. The van der Waals surface area contributed by atoms with E-state index in [0.717, 1.165) is 28.2 Å². The Hall–Kier alpha value is -5.23. The minimum Gasteiger partial charge on any atom is -0.489 e. The van der Waals surface area contributed by atoms with Gasteiger partial charge in [-0.3, -0.25) is 14.9 Å². The molecule has 0 unspecified atom stereocenters. The van der Waals surface area contributed by atoms with Crippen LogP contribution in [-0.2, 0) is 17.8 Å². The zero-order chi connectivity index (χ0) is 27.1. The zero-order valence-electron chi connectivity index (χ0n) is 20.9. The maximum Gasteiger partial charge on any atom is 0.273 e. The Kier molecular flexibility index (Phi) is 7.94. The van der Waals surface area contributed by atoms with E-state index in [1.807, 2.05) is 62.4 Å². The van der Waals surface area contributed by atoms with Crippen LogP contribution in [0.15, 0.2) is 84.0 Å². The van der Waals surface area contributed by atoms with E-state index in [2.05, 4.69) is 21.2 Å². The van der Waals surface area contributed by atoms with Gasteiger partial charge in [-0.05, 0) is 50.2 Å². The van der Waals surface area contributed by atoms with E-state index in [4.69, 9.17) is 4.74 Å². The number of aromatic nitrogens is 1. The molecule has 0 aliphatic rings. The molecule has 0 atom stereocenters. The van der Waals surface area contributed by atoms with E-state index in [0.29, 0.717) is 23.5 Å². The summed E-state index contributed by atoms with van der Waals surface area (Å²) in [7, 11) is 0. The van der Waals surface area contributed by atoms with Crippen molar-refractivity contribution >= 4 is 17.8 Å². The second-order valence-corrected chi connectivity index (χ2v) is 8.57. The average molecular weight is 508 g/mol. The van der Waals surface area contributed by atoms with Gasteiger partial charge in [-0.25, -0.2) is 5.43 Å². The van der Waals surface area contributed by atoms with Crippen molar-refractivity contribution in [2.45, 2.75) is 26.9 Å². The van der Waals surface area contributed by atoms with Crippen LogP contribution in [0.4, 0.5) is 5.69 Å². The summed E-state index contributed by atoms with van der Waals surface area (Å²) in [5.41, 5.74) is 7.75. The van der Waals surface area contributed by atoms with Crippen molar-refractivity contribution in [3.05, 3.63) is 123 Å². The first-order valence-corrected chi connectivity index (χ1v) is 11.8. The number of carbonyl (C=O) groups is 1. The average Bonchev–Trinajstić information content (AvgIpc) is 3.20. The van der Waals surface area contributed by atoms with Crippen LogP contribution in [0, 0.1) is 35.3 Å². The Morgan fingerprint density at radius 2 is 1.76 bits per heavy atom. The number of ether oxygens (including phenoxy) is 1. The molecule has 9 nitrogen and oxygen atoms in total. The minimum absolute atomic E-state index is 0.0985. The van der Waals surface area contributed by atoms with Gasteiger partial charge in [0.2, 0.25) is 5.91 Å². The first-order chi connectivity index (χ1) is 18.4. The van der Waals surface area contributed by atoms with Crippen LogP contribution in [0.5, 0.6) is 5.75 Å². The molecule has 4 aromatic rings. The number of aryl methyl sites for hydroxylation is 1. The lowest BCUT2D eigenvalue weighted by Gasteiger charge is -2.12. The summed E-state index contributed by atoms with van der Waals surface area (Å²) >= 11 is 0. The molecule has 190 valence electrons. The topological polar surface area (TPSA) is 123 Å². The number of amides is 1. The number of nitro benzene ring substituents is 1. The zero-order valence-corrected chi connectivity index (χ0v) is 20.9. The second kappa shape index (κ2) is 11.7. The summed E-state index contributed by atoms with van der Waals surface area (Å²) in [5.74, 6) is 0.240. The van der Waals surface area contributed by atoms with Gasteiger partial charge < -0.3 is 9.30 Å². The fraction of sp³-hybridized carbons (Fsp3) is 0.138. The van der Waals surface area contributed by atoms with E-state index in [1.165, 1.54) is 6.07 Å². The summed E-state index contributed by atoms with van der Waals surface area (Å²) < 4.78 is 7.93. The van der Waals surface area contributed by atoms with Gasteiger partial charge in [-0.2, -0.15) is 10.4 Å². The Balaban J connectivity index is 1.40. The number of para-hydroxylation sites is 1. The summed E-state index contributed by atoms with van der Waals surface area (Å²) in [6.45, 7) is 4.22. The van der Waals surface area contributed by atoms with Crippen molar-refractivity contribution in [3.8, 4) is 17.5 Å². The van der Waals surface area contributed by atoms with E-state index in [-0.39, 0.29) is 12.1 Å². The minimum atomic E-state index is -0.507. The molecular formula is C29H25N5O4. The van der Waals surface area contributed by atoms with Gasteiger partial charge in [-0.1, -0.05) is 36.4 Å². The van der Waals surface area contributed by atoms with E-state index in [1.54, 1.807) is 30.5 Å². The predicted octanol–water partition coefficient (Wildman–Crippen LogP) is 5.15. The second-order valence-electron chi connectivity index (χ2n) is 8.57. The number of nitriles is 1. The molecular weight excluding hydrogens is 482 g/mol. The van der Waals surface area contributed by atoms with Gasteiger partial charge >= 0.3 is 0 Å². The highest BCUT2D eigenvalue weighted by atomic mass is 16.6. The molecule has 0 aliphatic heterocycles. The number of rotatable bonds is 9. The molecule has 3 aromatic carbocycles. The number of benzene rings is 3. The molecule has 1 aromatic heterocycles. The number of hydrogen-bond donors (Lipinski definition) is 1. The summed E-state index contributed by atoms with van der Waals surface area (Å²) in [6, 6.07) is 25.2. The van der Waals surface area contributed by atoms with E-state index < -0.39 is 10.8 Å². The number of hydrogen-bond acceptors (Lipinski definition) is 6. The predicted molar refractivity (Wildman–Crippen MR) is 143 cm³/mol. The normalized spacial score (nSPS) is 10.8. The molecule has 0 bridgehead atoms. The third kappa shape index (κ3) is 5.94. The quantitative estimate of drug-likeness (QED) is 0.191. The molecule has 9 heteroatoms. The lowest BCUT2D eigenvalue weighted by Crippen LogP contribution is -2.20. The first-order valence-electron chi connectivity index (χ1n) is 11.8. The number of hydrazone groups is 1. The number of nitrogens with zero attached hydrogens (tertiary/aromatic N) is 4. The van der Waals surface area contributed by atoms with Crippen molar-refractivity contribution in [3.63, 3.8) is 0 Å². The van der Waals surface area contributed by atoms with Crippen molar-refractivity contribution in [1.29, 1.82) is 5.26 Å². The van der Waals surface area contributed by atoms with Crippen LogP contribution >= 0.6 is 0 Å². The number of nitro groups is 1. The van der Waals surface area contributed by atoms with Crippen molar-refractivity contribution in [2.24, 2.45) is 5.10 Å². The molecule has 0 saturated carbocycles. The van der Waals surface area contributed by atoms with E-state index >= 15 is 0 Å². The molecule has 1 amide bonds. The molecule has 1 heterocycles. The van der Waals surface area contributed by atoms with Crippen LogP contribution in [0.3, 0.4) is 0 Å². The summed E-state index contributed by atoms with van der Waals surface area (Å²) in [4.78, 5) is 22.9. The summed E-state index contributed by atoms with van der Waals surface area (Å²) in [5, 5.41) is 24.4. The van der Waals surface area contributed by atoms with Gasteiger partial charge in [0.1, 0.15) is 12.4 Å². The highest BCUT2D eigenvalue weighted by molar-refractivity contribution is 5.85. The molecule has 0 fully saturated rings. The monoisotopic (exact) mass is 507 g/mol. The standard InChI is InChI=1S/C29H25N5O4/c1-20-15-25(18-31-32-29(35)16-22-7-5-6-10-28(22)34(36)37)21(2)33(20)26-11-13-27(14-12-26)38-19-24-9-4-3-8-23(24)17-30/h3-15,18H,16,19H2,1-2H3,(H,32,35)/b31-18+. The fourth-order valence-corrected chi connectivity index (χ4v) is 4.15. The Morgan fingerprint density at radius 3 is 2.47 bits per heavy atom. The van der Waals surface area contributed by atoms with Crippen LogP contribution < -0.4 is 10.2 Å². The molecule has 4 rings (SSSR count). The van der Waals surface area contributed by atoms with E-state index in [9.17, 15) is 20.2 Å². The van der Waals surface area contributed by atoms with Gasteiger partial charge in [-0.15, -0.1) is 0 Å². The van der Waals surface area contributed by atoms with Crippen LogP contribution in [0.2, 0.25) is 0 Å². The largest absolute Gasteiger partial charge is 0.489 e. The maximum absolute atomic E-state index is 12.3. The van der Waals surface area contributed by atoms with Gasteiger partial charge in [0.05, 0.1) is 29.2 Å². The first kappa shape index (κ1) is 25.9. The fourth-order valence-electron chi connectivity index (χ4n) is 4.15. The summed E-state index contributed by atoms with van der Waals surface area (Å²) in [6.07, 6.45) is 1.41. The van der Waals surface area contributed by atoms with Crippen molar-refractivity contribution in [1.82, 2.24) is 9.99 Å². The van der Waals surface area contributed by atoms with Crippen LogP contribution in [-0.4, -0.2) is 21.6 Å². The molecule has 0 radical (unpaired) electrons. The molecule has 0 spiro atoms. The van der Waals surface area contributed by atoms with Crippen molar-refractivity contribution < 1.29 is 14.5 Å². The Morgan fingerprint density at radius 1 is 1.08 bits per heavy atom. The highest BCUT2D eigenvalue weighted by Gasteiger charge is 2.15. The molecule has 0 aliphatic carbocycles. The lowest BCUT2D eigenvalue weighted by atomic mass is 10.1. The van der Waals surface area contributed by atoms with Gasteiger partial charge in [0, 0.05) is 39.8 Å². The highest BCUT2D eigenvalue weighted by Crippen LogP contribution is 2.23. The maximum atomic E-state index is 12.3. The Labute approximate surface area is 219 Å². The van der Waals surface area contributed by atoms with Crippen LogP contribution in [0.1, 0.15) is 33.6 Å². The number of nitrogens with one attached hydrogen (secondary N) is 1. The smallest absolute Gasteiger partial charge is 0.273 e. The third-order valence-corrected chi connectivity index (χ3v) is 6.03. The lowest BCUT2D eigenvalue weighted by molar-refractivity contribution is -0.385. The van der Waals surface area contributed by atoms with Crippen LogP contribution in [0.25, 0.3) is 5.69 Å². The molecule has 0 saturated heterocycles. The SMILES string of the molecule is Cc1cc(/C=N/NC(=O)Cc2ccccc2[N+](=O)[O-])c(C)n1-c1ccc(OCc2ccccc2C#N)cc1. The molecule has 1 N–H and O–H groups in total. The third-order valence-electron chi connectivity index (χ3n) is 6.03.